The first-order valence-electron chi connectivity index (χ1n) is 10.3. The van der Waals surface area contributed by atoms with Crippen LogP contribution in [0, 0.1) is 5.82 Å². The highest BCUT2D eigenvalue weighted by Crippen LogP contribution is 2.29. The Labute approximate surface area is 175 Å². The zero-order chi connectivity index (χ0) is 21.1. The molecule has 1 fully saturated rings. The van der Waals surface area contributed by atoms with Gasteiger partial charge in [-0.15, -0.1) is 0 Å². The van der Waals surface area contributed by atoms with Gasteiger partial charge in [-0.2, -0.15) is 0 Å². The van der Waals surface area contributed by atoms with Gasteiger partial charge in [-0.25, -0.2) is 9.37 Å². The lowest BCUT2D eigenvalue weighted by molar-refractivity contribution is 0.0659. The van der Waals surface area contributed by atoms with Crippen LogP contribution in [0.1, 0.15) is 47.3 Å². The predicted octanol–water partition coefficient (Wildman–Crippen LogP) is 4.30. The van der Waals surface area contributed by atoms with Crippen LogP contribution in [0.4, 0.5) is 4.39 Å². The number of benzene rings is 2. The molecule has 0 atom stereocenters. The zero-order valence-corrected chi connectivity index (χ0v) is 17.1. The third kappa shape index (κ3) is 4.28. The molecule has 156 valence electrons. The Bertz CT molecular complexity index is 1040. The van der Waals surface area contributed by atoms with E-state index in [0.717, 1.165) is 36.8 Å². The maximum absolute atomic E-state index is 14.6. The number of halogens is 1. The summed E-state index contributed by atoms with van der Waals surface area (Å²) in [4.78, 5) is 19.3. The van der Waals surface area contributed by atoms with Gasteiger partial charge in [0.2, 0.25) is 0 Å². The summed E-state index contributed by atoms with van der Waals surface area (Å²) in [6.45, 7) is 0.316. The summed E-state index contributed by atoms with van der Waals surface area (Å²) < 4.78 is 16.4. The third-order valence-electron chi connectivity index (χ3n) is 5.75. The molecule has 0 bridgehead atoms. The standard InChI is InChI=1S/C24H26FN3O2/c1-27-14-23(26-16-27)24(30)28(20-7-2-3-8-20)13-17-9-10-22(25)21(12-17)19-6-4-5-18(11-19)15-29/h4-6,9-12,14,16,20,29H,2-3,7-8,13,15H2,1H3. The summed E-state index contributed by atoms with van der Waals surface area (Å²) in [5, 5.41) is 9.40. The first-order valence-corrected chi connectivity index (χ1v) is 10.3. The van der Waals surface area contributed by atoms with Gasteiger partial charge in [-0.05, 0) is 47.7 Å². The first kappa shape index (κ1) is 20.3. The third-order valence-corrected chi connectivity index (χ3v) is 5.75. The monoisotopic (exact) mass is 407 g/mol. The molecule has 1 aliphatic carbocycles. The van der Waals surface area contributed by atoms with Crippen molar-refractivity contribution >= 4 is 5.91 Å². The molecule has 0 radical (unpaired) electrons. The minimum Gasteiger partial charge on any atom is -0.392 e. The number of rotatable bonds is 6. The van der Waals surface area contributed by atoms with Gasteiger partial charge in [0.05, 0.1) is 12.9 Å². The van der Waals surface area contributed by atoms with Crippen molar-refractivity contribution in [3.8, 4) is 11.1 Å². The number of aryl methyl sites for hydroxylation is 1. The molecule has 1 aromatic heterocycles. The van der Waals surface area contributed by atoms with Gasteiger partial charge in [-0.3, -0.25) is 4.79 Å². The largest absolute Gasteiger partial charge is 0.392 e. The topological polar surface area (TPSA) is 58.4 Å². The minimum absolute atomic E-state index is 0.0874. The summed E-state index contributed by atoms with van der Waals surface area (Å²) in [6.07, 6.45) is 7.54. The molecule has 1 amide bonds. The number of hydrogen-bond acceptors (Lipinski definition) is 3. The number of aliphatic hydroxyl groups excluding tert-OH is 1. The van der Waals surface area contributed by atoms with Crippen LogP contribution in [0.2, 0.25) is 0 Å². The second kappa shape index (κ2) is 8.79. The predicted molar refractivity (Wildman–Crippen MR) is 113 cm³/mol. The second-order valence-corrected chi connectivity index (χ2v) is 7.97. The lowest BCUT2D eigenvalue weighted by Crippen LogP contribution is -2.38. The Morgan fingerprint density at radius 3 is 2.70 bits per heavy atom. The molecular formula is C24H26FN3O2. The number of carbonyl (C=O) groups excluding carboxylic acids is 1. The van der Waals surface area contributed by atoms with Crippen LogP contribution in [-0.2, 0) is 20.2 Å². The molecule has 6 heteroatoms. The fourth-order valence-corrected chi connectivity index (χ4v) is 4.18. The molecule has 5 nitrogen and oxygen atoms in total. The summed E-state index contributed by atoms with van der Waals surface area (Å²) in [5.41, 5.74) is 3.22. The normalized spacial score (nSPS) is 14.2. The van der Waals surface area contributed by atoms with Crippen molar-refractivity contribution in [2.24, 2.45) is 7.05 Å². The minimum atomic E-state index is -0.322. The Morgan fingerprint density at radius 1 is 1.20 bits per heavy atom. The quantitative estimate of drug-likeness (QED) is 0.663. The van der Waals surface area contributed by atoms with Gasteiger partial charge in [0.1, 0.15) is 11.5 Å². The van der Waals surface area contributed by atoms with Crippen LogP contribution in [0.15, 0.2) is 55.0 Å². The van der Waals surface area contributed by atoms with Crippen LogP contribution in [0.3, 0.4) is 0 Å². The SMILES string of the molecule is Cn1cnc(C(=O)N(Cc2ccc(F)c(-c3cccc(CO)c3)c2)C2CCCC2)c1. The van der Waals surface area contributed by atoms with E-state index in [0.29, 0.717) is 23.4 Å². The van der Waals surface area contributed by atoms with E-state index in [1.54, 1.807) is 41.4 Å². The molecule has 0 spiro atoms. The molecule has 1 aliphatic rings. The zero-order valence-electron chi connectivity index (χ0n) is 17.1. The molecule has 4 rings (SSSR count). The van der Waals surface area contributed by atoms with Crippen LogP contribution in [0.25, 0.3) is 11.1 Å². The van der Waals surface area contributed by atoms with Crippen molar-refractivity contribution in [1.82, 2.24) is 14.5 Å². The fraction of sp³-hybridized carbons (Fsp3) is 0.333. The summed E-state index contributed by atoms with van der Waals surface area (Å²) >= 11 is 0. The van der Waals surface area contributed by atoms with E-state index in [1.807, 2.05) is 24.1 Å². The van der Waals surface area contributed by atoms with E-state index in [2.05, 4.69) is 4.98 Å². The molecule has 0 unspecified atom stereocenters. The van der Waals surface area contributed by atoms with Crippen LogP contribution in [0.5, 0.6) is 0 Å². The van der Waals surface area contributed by atoms with Crippen molar-refractivity contribution in [2.75, 3.05) is 0 Å². The van der Waals surface area contributed by atoms with E-state index < -0.39 is 0 Å². The van der Waals surface area contributed by atoms with Gasteiger partial charge in [0.25, 0.3) is 5.91 Å². The number of aliphatic hydroxyl groups is 1. The van der Waals surface area contributed by atoms with E-state index in [1.165, 1.54) is 6.07 Å². The molecule has 0 aliphatic heterocycles. The highest BCUT2D eigenvalue weighted by atomic mass is 19.1. The van der Waals surface area contributed by atoms with Crippen LogP contribution < -0.4 is 0 Å². The summed E-state index contributed by atoms with van der Waals surface area (Å²) in [7, 11) is 1.84. The average molecular weight is 407 g/mol. The van der Waals surface area contributed by atoms with Crippen molar-refractivity contribution < 1.29 is 14.3 Å². The summed E-state index contributed by atoms with van der Waals surface area (Å²) in [5.74, 6) is -0.409. The Hall–Kier alpha value is -2.99. The molecule has 0 saturated heterocycles. The first-order chi connectivity index (χ1) is 14.5. The number of imidazole rings is 1. The highest BCUT2D eigenvalue weighted by Gasteiger charge is 2.29. The van der Waals surface area contributed by atoms with Gasteiger partial charge >= 0.3 is 0 Å². The van der Waals surface area contributed by atoms with Gasteiger partial charge in [0.15, 0.2) is 0 Å². The number of carbonyl (C=O) groups is 1. The molecule has 1 N–H and O–H groups in total. The number of aromatic nitrogens is 2. The Kier molecular flexibility index (Phi) is 5.95. The maximum Gasteiger partial charge on any atom is 0.274 e. The smallest absolute Gasteiger partial charge is 0.274 e. The van der Waals surface area contributed by atoms with Crippen molar-refractivity contribution in [3.63, 3.8) is 0 Å². The van der Waals surface area contributed by atoms with Crippen molar-refractivity contribution in [2.45, 2.75) is 44.9 Å². The van der Waals surface area contributed by atoms with E-state index >= 15 is 0 Å². The van der Waals surface area contributed by atoms with Gasteiger partial charge in [-0.1, -0.05) is 37.1 Å². The Balaban J connectivity index is 1.65. The molecular weight excluding hydrogens is 381 g/mol. The second-order valence-electron chi connectivity index (χ2n) is 7.97. The van der Waals surface area contributed by atoms with Crippen LogP contribution in [-0.4, -0.2) is 31.5 Å². The Morgan fingerprint density at radius 2 is 2.00 bits per heavy atom. The van der Waals surface area contributed by atoms with E-state index in [4.69, 9.17) is 0 Å². The maximum atomic E-state index is 14.6. The molecule has 30 heavy (non-hydrogen) atoms. The molecule has 1 heterocycles. The number of amides is 1. The fourth-order valence-electron chi connectivity index (χ4n) is 4.18. The molecule has 3 aromatic rings. The lowest BCUT2D eigenvalue weighted by atomic mass is 10.00. The van der Waals surface area contributed by atoms with Gasteiger partial charge < -0.3 is 14.6 Å². The van der Waals surface area contributed by atoms with Gasteiger partial charge in [0, 0.05) is 31.4 Å². The number of hydrogen-bond donors (Lipinski definition) is 1. The summed E-state index contributed by atoms with van der Waals surface area (Å²) in [6, 6.07) is 12.4. The van der Waals surface area contributed by atoms with E-state index in [-0.39, 0.29) is 24.4 Å². The van der Waals surface area contributed by atoms with Crippen molar-refractivity contribution in [1.29, 1.82) is 0 Å². The average Bonchev–Trinajstić information content (AvgIpc) is 3.44. The number of nitrogens with zero attached hydrogens (tertiary/aromatic N) is 3. The molecule has 2 aromatic carbocycles. The van der Waals surface area contributed by atoms with Crippen LogP contribution >= 0.6 is 0 Å². The highest BCUT2D eigenvalue weighted by molar-refractivity contribution is 5.92. The van der Waals surface area contributed by atoms with Crippen molar-refractivity contribution in [3.05, 3.63) is 77.6 Å². The lowest BCUT2D eigenvalue weighted by Gasteiger charge is -2.28. The molecule has 1 saturated carbocycles. The van der Waals surface area contributed by atoms with E-state index in [9.17, 15) is 14.3 Å².